The maximum absolute atomic E-state index is 5.54. The molecule has 1 aliphatic rings. The Labute approximate surface area is 145 Å². The van der Waals surface area contributed by atoms with Crippen LogP contribution in [0.1, 0.15) is 0 Å². The first-order valence-electron chi connectivity index (χ1n) is 7.73. The number of para-hydroxylation sites is 1. The van der Waals surface area contributed by atoms with E-state index in [2.05, 4.69) is 40.5 Å². The maximum atomic E-state index is 5.54. The first-order valence-corrected chi connectivity index (χ1v) is 9.29. The SMILES string of the molecule is S=C(Nc1ccc2cc3ccccc3nc2c1)N1CCSCC1. The summed E-state index contributed by atoms with van der Waals surface area (Å²) in [6, 6.07) is 16.6. The summed E-state index contributed by atoms with van der Waals surface area (Å²) in [5, 5.41) is 6.49. The van der Waals surface area contributed by atoms with Crippen molar-refractivity contribution in [2.75, 3.05) is 29.9 Å². The first kappa shape index (κ1) is 14.7. The second-order valence-electron chi connectivity index (χ2n) is 5.62. The molecule has 0 radical (unpaired) electrons. The molecule has 5 heteroatoms. The Hall–Kier alpha value is -1.85. The predicted octanol–water partition coefficient (Wildman–Crippen LogP) is 4.13. The summed E-state index contributed by atoms with van der Waals surface area (Å²) in [5.41, 5.74) is 3.02. The monoisotopic (exact) mass is 339 g/mol. The molecular weight excluding hydrogens is 322 g/mol. The number of fused-ring (bicyclic) bond motifs is 2. The van der Waals surface area contributed by atoms with Crippen LogP contribution >= 0.6 is 24.0 Å². The van der Waals surface area contributed by atoms with Crippen LogP contribution in [0.5, 0.6) is 0 Å². The van der Waals surface area contributed by atoms with E-state index in [0.717, 1.165) is 51.8 Å². The number of nitrogens with one attached hydrogen (secondary N) is 1. The van der Waals surface area contributed by atoms with Crippen LogP contribution in [-0.4, -0.2) is 39.6 Å². The summed E-state index contributed by atoms with van der Waals surface area (Å²) >= 11 is 7.53. The van der Waals surface area contributed by atoms with E-state index < -0.39 is 0 Å². The topological polar surface area (TPSA) is 28.2 Å². The molecule has 0 amide bonds. The Morgan fingerprint density at radius 1 is 1.00 bits per heavy atom. The lowest BCUT2D eigenvalue weighted by Crippen LogP contribution is -2.40. The van der Waals surface area contributed by atoms with Gasteiger partial charge in [0.1, 0.15) is 0 Å². The molecule has 116 valence electrons. The third-order valence-electron chi connectivity index (χ3n) is 4.07. The molecule has 1 aromatic heterocycles. The predicted molar refractivity (Wildman–Crippen MR) is 104 cm³/mol. The number of hydrogen-bond donors (Lipinski definition) is 1. The van der Waals surface area contributed by atoms with Crippen molar-refractivity contribution in [2.45, 2.75) is 0 Å². The zero-order valence-corrected chi connectivity index (χ0v) is 14.3. The van der Waals surface area contributed by atoms with Gasteiger partial charge >= 0.3 is 0 Å². The van der Waals surface area contributed by atoms with Crippen LogP contribution in [0.2, 0.25) is 0 Å². The van der Waals surface area contributed by atoms with Gasteiger partial charge in [-0.15, -0.1) is 0 Å². The average Bonchev–Trinajstić information content (AvgIpc) is 2.60. The number of hydrogen-bond acceptors (Lipinski definition) is 3. The molecule has 1 saturated heterocycles. The van der Waals surface area contributed by atoms with Crippen molar-refractivity contribution in [2.24, 2.45) is 0 Å². The minimum absolute atomic E-state index is 0.811. The molecule has 2 aromatic carbocycles. The number of nitrogens with zero attached hydrogens (tertiary/aromatic N) is 2. The van der Waals surface area contributed by atoms with E-state index in [9.17, 15) is 0 Å². The summed E-state index contributed by atoms with van der Waals surface area (Å²) < 4.78 is 0. The van der Waals surface area contributed by atoms with Gasteiger partial charge in [0, 0.05) is 41.1 Å². The van der Waals surface area contributed by atoms with Crippen LogP contribution < -0.4 is 5.32 Å². The van der Waals surface area contributed by atoms with Crippen LogP contribution in [0.3, 0.4) is 0 Å². The largest absolute Gasteiger partial charge is 0.347 e. The van der Waals surface area contributed by atoms with Gasteiger partial charge in [0.15, 0.2) is 5.11 Å². The number of benzene rings is 2. The van der Waals surface area contributed by atoms with E-state index in [0.29, 0.717) is 0 Å². The van der Waals surface area contributed by atoms with Gasteiger partial charge in [-0.25, -0.2) is 4.98 Å². The number of thioether (sulfide) groups is 1. The van der Waals surface area contributed by atoms with E-state index in [-0.39, 0.29) is 0 Å². The Morgan fingerprint density at radius 2 is 1.78 bits per heavy atom. The zero-order valence-electron chi connectivity index (χ0n) is 12.7. The molecule has 0 spiro atoms. The van der Waals surface area contributed by atoms with Crippen molar-refractivity contribution in [3.63, 3.8) is 0 Å². The fourth-order valence-electron chi connectivity index (χ4n) is 2.82. The standard InChI is InChI=1S/C18H17N3S2/c22-18(21-7-9-23-10-8-21)19-15-6-5-14-11-13-3-1-2-4-16(13)20-17(14)12-15/h1-6,11-12H,7-10H2,(H,19,22). The molecule has 2 heterocycles. The molecule has 3 nitrogen and oxygen atoms in total. The molecule has 23 heavy (non-hydrogen) atoms. The molecule has 0 unspecified atom stereocenters. The van der Waals surface area contributed by atoms with Crippen molar-refractivity contribution in [1.82, 2.24) is 9.88 Å². The molecule has 0 atom stereocenters. The molecule has 0 saturated carbocycles. The highest BCUT2D eigenvalue weighted by Crippen LogP contribution is 2.23. The zero-order chi connectivity index (χ0) is 15.6. The van der Waals surface area contributed by atoms with Crippen LogP contribution in [-0.2, 0) is 0 Å². The van der Waals surface area contributed by atoms with E-state index in [1.165, 1.54) is 5.39 Å². The molecule has 0 aliphatic carbocycles. The average molecular weight is 339 g/mol. The van der Waals surface area contributed by atoms with Crippen molar-refractivity contribution in [3.8, 4) is 0 Å². The number of aromatic nitrogens is 1. The first-order chi connectivity index (χ1) is 11.3. The van der Waals surface area contributed by atoms with Gasteiger partial charge in [-0.3, -0.25) is 0 Å². The van der Waals surface area contributed by atoms with Crippen LogP contribution in [0.15, 0.2) is 48.5 Å². The van der Waals surface area contributed by atoms with E-state index in [4.69, 9.17) is 17.2 Å². The van der Waals surface area contributed by atoms with Crippen LogP contribution in [0.25, 0.3) is 21.8 Å². The lowest BCUT2D eigenvalue weighted by molar-refractivity contribution is 0.470. The second kappa shape index (κ2) is 6.34. The lowest BCUT2D eigenvalue weighted by Gasteiger charge is -2.29. The smallest absolute Gasteiger partial charge is 0.173 e. The number of anilines is 1. The molecule has 1 fully saturated rings. The van der Waals surface area contributed by atoms with Gasteiger partial charge in [0.25, 0.3) is 0 Å². The Kier molecular flexibility index (Phi) is 4.06. The summed E-state index contributed by atoms with van der Waals surface area (Å²) in [7, 11) is 0. The summed E-state index contributed by atoms with van der Waals surface area (Å²) in [6.07, 6.45) is 0. The fourth-order valence-corrected chi connectivity index (χ4v) is 4.02. The highest BCUT2D eigenvalue weighted by molar-refractivity contribution is 7.99. The fraction of sp³-hybridized carbons (Fsp3) is 0.222. The molecule has 1 aliphatic heterocycles. The van der Waals surface area contributed by atoms with Crippen LogP contribution in [0.4, 0.5) is 5.69 Å². The molecular formula is C18H17N3S2. The molecule has 0 bridgehead atoms. The Balaban J connectivity index is 1.62. The number of thiocarbonyl (C=S) groups is 1. The second-order valence-corrected chi connectivity index (χ2v) is 7.23. The maximum Gasteiger partial charge on any atom is 0.173 e. The summed E-state index contributed by atoms with van der Waals surface area (Å²) in [5.74, 6) is 2.29. The van der Waals surface area contributed by atoms with E-state index in [1.807, 2.05) is 30.0 Å². The van der Waals surface area contributed by atoms with E-state index >= 15 is 0 Å². The van der Waals surface area contributed by atoms with Crippen molar-refractivity contribution >= 4 is 56.6 Å². The highest BCUT2D eigenvalue weighted by atomic mass is 32.2. The van der Waals surface area contributed by atoms with Crippen molar-refractivity contribution in [3.05, 3.63) is 48.5 Å². The molecule has 1 N–H and O–H groups in total. The summed E-state index contributed by atoms with van der Waals surface area (Å²) in [4.78, 5) is 7.00. The Bertz CT molecular complexity index is 872. The van der Waals surface area contributed by atoms with Crippen molar-refractivity contribution in [1.29, 1.82) is 0 Å². The van der Waals surface area contributed by atoms with Gasteiger partial charge in [0.05, 0.1) is 11.0 Å². The summed E-state index contributed by atoms with van der Waals surface area (Å²) in [6.45, 7) is 2.04. The van der Waals surface area contributed by atoms with Crippen molar-refractivity contribution < 1.29 is 0 Å². The lowest BCUT2D eigenvalue weighted by atomic mass is 10.1. The number of pyridine rings is 1. The Morgan fingerprint density at radius 3 is 2.65 bits per heavy atom. The van der Waals surface area contributed by atoms with Gasteiger partial charge in [0.2, 0.25) is 0 Å². The van der Waals surface area contributed by atoms with Crippen LogP contribution in [0, 0.1) is 0 Å². The normalized spacial score (nSPS) is 15.0. The molecule has 3 aromatic rings. The van der Waals surface area contributed by atoms with Gasteiger partial charge in [-0.05, 0) is 36.5 Å². The van der Waals surface area contributed by atoms with Gasteiger partial charge in [-0.1, -0.05) is 24.3 Å². The van der Waals surface area contributed by atoms with E-state index in [1.54, 1.807) is 0 Å². The highest BCUT2D eigenvalue weighted by Gasteiger charge is 2.13. The minimum Gasteiger partial charge on any atom is -0.347 e. The number of rotatable bonds is 1. The van der Waals surface area contributed by atoms with Gasteiger partial charge < -0.3 is 10.2 Å². The quantitative estimate of drug-likeness (QED) is 0.531. The third kappa shape index (κ3) is 3.12. The third-order valence-corrected chi connectivity index (χ3v) is 5.37. The minimum atomic E-state index is 0.811. The molecule has 4 rings (SSSR count). The van der Waals surface area contributed by atoms with Gasteiger partial charge in [-0.2, -0.15) is 11.8 Å².